The van der Waals surface area contributed by atoms with Crippen molar-refractivity contribution in [2.24, 2.45) is 0 Å². The van der Waals surface area contributed by atoms with Crippen LogP contribution < -0.4 is 9.64 Å². The third kappa shape index (κ3) is 5.26. The molecular weight excluding hydrogens is 454 g/mol. The zero-order valence-electron chi connectivity index (χ0n) is 19.0. The Morgan fingerprint density at radius 3 is 2.52 bits per heavy atom. The van der Waals surface area contributed by atoms with Gasteiger partial charge in [-0.2, -0.15) is 0 Å². The molecule has 170 valence electrons. The first-order valence-electron chi connectivity index (χ1n) is 10.4. The molecule has 0 spiro atoms. The van der Waals surface area contributed by atoms with E-state index in [1.807, 2.05) is 72.3 Å². The Labute approximate surface area is 201 Å². The van der Waals surface area contributed by atoms with Gasteiger partial charge in [-0.05, 0) is 37.1 Å². The minimum absolute atomic E-state index is 0.0408. The molecule has 2 heterocycles. The van der Waals surface area contributed by atoms with Crippen molar-refractivity contribution < 1.29 is 9.53 Å². The normalized spacial score (nSPS) is 10.9. The third-order valence-electron chi connectivity index (χ3n) is 5.12. The molecule has 0 aliphatic rings. The molecule has 0 aliphatic carbocycles. The van der Waals surface area contributed by atoms with Crippen molar-refractivity contribution in [3.8, 4) is 11.4 Å². The monoisotopic (exact) mass is 479 g/mol. The Morgan fingerprint density at radius 2 is 1.82 bits per heavy atom. The number of thioether (sulfide) groups is 1. The number of ether oxygens (including phenoxy) is 1. The fourth-order valence-electron chi connectivity index (χ4n) is 3.28. The van der Waals surface area contributed by atoms with E-state index in [-0.39, 0.29) is 5.91 Å². The van der Waals surface area contributed by atoms with Crippen molar-refractivity contribution in [3.05, 3.63) is 76.6 Å². The summed E-state index contributed by atoms with van der Waals surface area (Å²) in [7, 11) is 1.73. The van der Waals surface area contributed by atoms with E-state index < -0.39 is 0 Å². The van der Waals surface area contributed by atoms with Crippen molar-refractivity contribution in [2.45, 2.75) is 38.3 Å². The molecule has 2 aromatic heterocycles. The summed E-state index contributed by atoms with van der Waals surface area (Å²) in [4.78, 5) is 17.7. The molecule has 0 atom stereocenters. The van der Waals surface area contributed by atoms with Gasteiger partial charge in [-0.3, -0.25) is 14.3 Å². The van der Waals surface area contributed by atoms with Crippen LogP contribution in [-0.2, 0) is 17.2 Å². The van der Waals surface area contributed by atoms with Crippen LogP contribution in [0.2, 0.25) is 0 Å². The average Bonchev–Trinajstić information content (AvgIpc) is 3.44. The molecule has 0 saturated carbocycles. The van der Waals surface area contributed by atoms with E-state index in [2.05, 4.69) is 15.2 Å². The number of carbonyl (C=O) groups excluding carboxylic acids is 1. The molecule has 0 bridgehead atoms. The second kappa shape index (κ2) is 10.2. The first-order chi connectivity index (χ1) is 15.9. The number of thiazole rings is 1. The second-order valence-corrected chi connectivity index (χ2v) is 9.35. The van der Waals surface area contributed by atoms with Gasteiger partial charge in [-0.25, -0.2) is 4.98 Å². The Kier molecular flexibility index (Phi) is 7.10. The van der Waals surface area contributed by atoms with Gasteiger partial charge in [0.05, 0.1) is 5.69 Å². The lowest BCUT2D eigenvalue weighted by molar-refractivity contribution is -0.116. The number of benzene rings is 2. The van der Waals surface area contributed by atoms with Crippen LogP contribution in [0, 0.1) is 13.8 Å². The van der Waals surface area contributed by atoms with Gasteiger partial charge in [0.1, 0.15) is 12.4 Å². The molecule has 1 amide bonds. The van der Waals surface area contributed by atoms with Crippen LogP contribution in [0.25, 0.3) is 5.69 Å². The number of nitrogens with zero attached hydrogens (tertiary/aromatic N) is 5. The predicted molar refractivity (Wildman–Crippen MR) is 132 cm³/mol. The van der Waals surface area contributed by atoms with Crippen LogP contribution in [0.15, 0.2) is 59.1 Å². The fraction of sp³-hybridized carbons (Fsp3) is 0.250. The third-order valence-corrected chi connectivity index (χ3v) is 7.05. The first kappa shape index (κ1) is 23.0. The summed E-state index contributed by atoms with van der Waals surface area (Å²) in [5.41, 5.74) is 4.04. The number of aromatic nitrogens is 4. The number of carbonyl (C=O) groups is 1. The van der Waals surface area contributed by atoms with Crippen LogP contribution in [0.4, 0.5) is 5.13 Å². The summed E-state index contributed by atoms with van der Waals surface area (Å²) in [6.45, 7) is 5.91. The van der Waals surface area contributed by atoms with Gasteiger partial charge in [0.25, 0.3) is 0 Å². The lowest BCUT2D eigenvalue weighted by Gasteiger charge is -2.13. The lowest BCUT2D eigenvalue weighted by Crippen LogP contribution is -2.22. The van der Waals surface area contributed by atoms with Crippen molar-refractivity contribution >= 4 is 34.1 Å². The number of para-hydroxylation sites is 2. The highest BCUT2D eigenvalue weighted by Gasteiger charge is 2.17. The number of amides is 1. The van der Waals surface area contributed by atoms with Gasteiger partial charge in [-0.1, -0.05) is 48.2 Å². The Bertz CT molecular complexity index is 1230. The smallest absolute Gasteiger partial charge is 0.225 e. The van der Waals surface area contributed by atoms with Crippen LogP contribution >= 0.6 is 23.1 Å². The minimum Gasteiger partial charge on any atom is -0.485 e. The molecule has 2 aromatic carbocycles. The molecule has 0 fully saturated rings. The molecule has 9 heteroatoms. The molecular formula is C24H25N5O2S2. The first-order valence-corrected chi connectivity index (χ1v) is 12.3. The van der Waals surface area contributed by atoms with E-state index in [9.17, 15) is 4.79 Å². The summed E-state index contributed by atoms with van der Waals surface area (Å²) < 4.78 is 8.18. The second-order valence-electron chi connectivity index (χ2n) is 7.57. The molecule has 0 radical (unpaired) electrons. The molecule has 4 rings (SSSR count). The quantitative estimate of drug-likeness (QED) is 0.324. The lowest BCUT2D eigenvalue weighted by atomic mass is 10.1. The van der Waals surface area contributed by atoms with E-state index in [0.29, 0.717) is 17.5 Å². The summed E-state index contributed by atoms with van der Waals surface area (Å²) in [6, 6.07) is 16.1. The van der Waals surface area contributed by atoms with Crippen molar-refractivity contribution in [1.82, 2.24) is 19.7 Å². The van der Waals surface area contributed by atoms with Crippen LogP contribution in [-0.4, -0.2) is 32.7 Å². The Hall–Kier alpha value is -3.17. The molecule has 4 aromatic rings. The van der Waals surface area contributed by atoms with Crippen LogP contribution in [0.1, 0.15) is 29.6 Å². The molecule has 0 unspecified atom stereocenters. The highest BCUT2D eigenvalue weighted by Crippen LogP contribution is 2.29. The van der Waals surface area contributed by atoms with E-state index in [4.69, 9.17) is 4.74 Å². The number of hydrogen-bond acceptors (Lipinski definition) is 7. The van der Waals surface area contributed by atoms with Gasteiger partial charge in [0, 0.05) is 30.8 Å². The van der Waals surface area contributed by atoms with E-state index in [1.165, 1.54) is 18.3 Å². The maximum absolute atomic E-state index is 11.6. The van der Waals surface area contributed by atoms with E-state index in [1.54, 1.807) is 23.7 Å². The molecule has 0 N–H and O–H groups in total. The van der Waals surface area contributed by atoms with Crippen LogP contribution in [0.3, 0.4) is 0 Å². The number of aryl methyl sites for hydroxylation is 2. The van der Waals surface area contributed by atoms with Gasteiger partial charge in [0.2, 0.25) is 5.91 Å². The SMILES string of the molecule is CC(=O)N(C)c1nc(CSc2nnc(COc3c(C)cccc3C)n2-c2ccccc2)cs1. The van der Waals surface area contributed by atoms with E-state index in [0.717, 1.165) is 39.2 Å². The maximum atomic E-state index is 11.6. The topological polar surface area (TPSA) is 73.1 Å². The molecule has 0 saturated heterocycles. The fourth-order valence-corrected chi connectivity index (χ4v) is 5.08. The molecule has 7 nitrogen and oxygen atoms in total. The average molecular weight is 480 g/mol. The van der Waals surface area contributed by atoms with Gasteiger partial charge >= 0.3 is 0 Å². The van der Waals surface area contributed by atoms with Gasteiger partial charge in [0.15, 0.2) is 16.1 Å². The number of rotatable bonds is 8. The van der Waals surface area contributed by atoms with Gasteiger partial charge in [-0.15, -0.1) is 21.5 Å². The maximum Gasteiger partial charge on any atom is 0.225 e. The number of hydrogen-bond donors (Lipinski definition) is 0. The zero-order valence-corrected chi connectivity index (χ0v) is 20.6. The highest BCUT2D eigenvalue weighted by molar-refractivity contribution is 7.98. The number of anilines is 1. The molecule has 33 heavy (non-hydrogen) atoms. The Morgan fingerprint density at radius 1 is 1.09 bits per heavy atom. The van der Waals surface area contributed by atoms with Gasteiger partial charge < -0.3 is 4.74 Å². The summed E-state index contributed by atoms with van der Waals surface area (Å²) in [5.74, 6) is 2.17. The van der Waals surface area contributed by atoms with E-state index >= 15 is 0 Å². The van der Waals surface area contributed by atoms with Crippen LogP contribution in [0.5, 0.6) is 5.75 Å². The summed E-state index contributed by atoms with van der Waals surface area (Å²) >= 11 is 3.00. The van der Waals surface area contributed by atoms with Crippen molar-refractivity contribution in [1.29, 1.82) is 0 Å². The van der Waals surface area contributed by atoms with Crippen molar-refractivity contribution in [2.75, 3.05) is 11.9 Å². The minimum atomic E-state index is -0.0408. The zero-order chi connectivity index (χ0) is 23.4. The molecule has 0 aliphatic heterocycles. The standard InChI is InChI=1S/C24H25N5O2S2/c1-16-9-8-10-17(2)22(16)31-13-21-26-27-24(29(21)20-11-6-5-7-12-20)33-15-19-14-32-23(25-19)28(4)18(3)30/h5-12,14H,13,15H2,1-4H3. The van der Waals surface area contributed by atoms with Crippen molar-refractivity contribution in [3.63, 3.8) is 0 Å². The predicted octanol–water partition coefficient (Wildman–Crippen LogP) is 5.19. The highest BCUT2D eigenvalue weighted by atomic mass is 32.2. The summed E-state index contributed by atoms with van der Waals surface area (Å²) in [6.07, 6.45) is 0. The largest absolute Gasteiger partial charge is 0.485 e. The Balaban J connectivity index is 1.56. The summed E-state index contributed by atoms with van der Waals surface area (Å²) in [5, 5.41) is 12.3.